The van der Waals surface area contributed by atoms with Crippen molar-refractivity contribution < 1.29 is 23.9 Å². The Morgan fingerprint density at radius 2 is 1.71 bits per heavy atom. The van der Waals surface area contributed by atoms with E-state index in [-0.39, 0.29) is 12.5 Å². The number of nitrogens with zero attached hydrogens (tertiary/aromatic N) is 1. The number of benzene rings is 2. The van der Waals surface area contributed by atoms with Crippen molar-refractivity contribution in [1.29, 1.82) is 0 Å². The van der Waals surface area contributed by atoms with E-state index >= 15 is 0 Å². The topological polar surface area (TPSA) is 105 Å². The number of esters is 1. The van der Waals surface area contributed by atoms with Gasteiger partial charge in [-0.2, -0.15) is 0 Å². The van der Waals surface area contributed by atoms with E-state index in [1.807, 2.05) is 32.0 Å². The number of anilines is 2. The van der Waals surface area contributed by atoms with Crippen molar-refractivity contribution in [2.24, 2.45) is 0 Å². The molecule has 2 aromatic rings. The van der Waals surface area contributed by atoms with Gasteiger partial charge in [0.25, 0.3) is 11.8 Å². The van der Waals surface area contributed by atoms with Crippen LogP contribution >= 0.6 is 0 Å². The van der Waals surface area contributed by atoms with Gasteiger partial charge in [0.1, 0.15) is 6.54 Å². The molecule has 1 heterocycles. The normalized spacial score (nSPS) is 13.1. The van der Waals surface area contributed by atoms with Crippen LogP contribution in [0, 0.1) is 13.8 Å². The molecule has 0 bridgehead atoms. The van der Waals surface area contributed by atoms with Gasteiger partial charge in [0.05, 0.1) is 0 Å². The van der Waals surface area contributed by atoms with Gasteiger partial charge in [0.2, 0.25) is 5.91 Å². The Labute approximate surface area is 180 Å². The average molecular weight is 423 g/mol. The SMILES string of the molecule is Cc1cc(C)cc(NC(=O)COC(=O)CNC(=O)c2ccc(N3CCCC3=O)cc2)c1. The first-order valence-corrected chi connectivity index (χ1v) is 10.0. The van der Waals surface area contributed by atoms with Crippen molar-refractivity contribution in [3.05, 3.63) is 59.2 Å². The van der Waals surface area contributed by atoms with Crippen LogP contribution in [-0.2, 0) is 19.1 Å². The molecular weight excluding hydrogens is 398 g/mol. The first kappa shape index (κ1) is 22.0. The van der Waals surface area contributed by atoms with Crippen LogP contribution in [0.5, 0.6) is 0 Å². The van der Waals surface area contributed by atoms with E-state index in [2.05, 4.69) is 10.6 Å². The van der Waals surface area contributed by atoms with Crippen LogP contribution < -0.4 is 15.5 Å². The van der Waals surface area contributed by atoms with Crippen LogP contribution in [0.15, 0.2) is 42.5 Å². The molecule has 0 unspecified atom stereocenters. The average Bonchev–Trinajstić information content (AvgIpc) is 3.15. The molecule has 2 aromatic carbocycles. The minimum Gasteiger partial charge on any atom is -0.454 e. The number of carbonyl (C=O) groups excluding carboxylic acids is 4. The molecule has 3 amide bonds. The molecule has 1 saturated heterocycles. The number of aryl methyl sites for hydroxylation is 2. The molecule has 1 fully saturated rings. The maximum absolute atomic E-state index is 12.2. The van der Waals surface area contributed by atoms with Crippen molar-refractivity contribution in [3.8, 4) is 0 Å². The molecule has 0 atom stereocenters. The maximum atomic E-state index is 12.2. The second kappa shape index (κ2) is 9.88. The number of hydrogen-bond acceptors (Lipinski definition) is 5. The summed E-state index contributed by atoms with van der Waals surface area (Å²) >= 11 is 0. The fourth-order valence-corrected chi connectivity index (χ4v) is 3.41. The standard InChI is InChI=1S/C23H25N3O5/c1-15-10-16(2)12-18(11-15)25-20(27)14-31-22(29)13-24-23(30)17-5-7-19(8-6-17)26-9-3-4-21(26)28/h5-8,10-12H,3-4,9,13-14H2,1-2H3,(H,24,30)(H,25,27). The first-order valence-electron chi connectivity index (χ1n) is 10.0. The molecule has 0 radical (unpaired) electrons. The molecular formula is C23H25N3O5. The molecule has 8 heteroatoms. The fraction of sp³-hybridized carbons (Fsp3) is 0.304. The van der Waals surface area contributed by atoms with Gasteiger partial charge in [-0.05, 0) is 67.8 Å². The predicted octanol–water partition coefficient (Wildman–Crippen LogP) is 2.34. The van der Waals surface area contributed by atoms with Crippen molar-refractivity contribution in [2.75, 3.05) is 29.9 Å². The third-order valence-corrected chi connectivity index (χ3v) is 4.78. The van der Waals surface area contributed by atoms with E-state index in [0.717, 1.165) is 23.2 Å². The number of hydrogen-bond donors (Lipinski definition) is 2. The summed E-state index contributed by atoms with van der Waals surface area (Å²) in [7, 11) is 0. The highest BCUT2D eigenvalue weighted by molar-refractivity contribution is 5.98. The molecule has 0 aliphatic carbocycles. The zero-order valence-corrected chi connectivity index (χ0v) is 17.6. The summed E-state index contributed by atoms with van der Waals surface area (Å²) in [4.78, 5) is 49.5. The summed E-state index contributed by atoms with van der Waals surface area (Å²) < 4.78 is 4.91. The minimum atomic E-state index is -0.719. The number of amides is 3. The monoisotopic (exact) mass is 423 g/mol. The van der Waals surface area contributed by atoms with Crippen molar-refractivity contribution in [1.82, 2.24) is 5.32 Å². The van der Waals surface area contributed by atoms with Crippen LogP contribution in [0.1, 0.15) is 34.3 Å². The highest BCUT2D eigenvalue weighted by atomic mass is 16.5. The Bertz CT molecular complexity index is 981. The number of carbonyl (C=O) groups is 4. The Morgan fingerprint density at radius 1 is 1.03 bits per heavy atom. The lowest BCUT2D eigenvalue weighted by molar-refractivity contribution is -0.146. The Balaban J connectivity index is 1.42. The summed E-state index contributed by atoms with van der Waals surface area (Å²) in [5.41, 5.74) is 3.75. The highest BCUT2D eigenvalue weighted by Crippen LogP contribution is 2.21. The second-order valence-corrected chi connectivity index (χ2v) is 7.46. The summed E-state index contributed by atoms with van der Waals surface area (Å²) in [6.45, 7) is 3.71. The van der Waals surface area contributed by atoms with Gasteiger partial charge in [0.15, 0.2) is 6.61 Å². The molecule has 31 heavy (non-hydrogen) atoms. The van der Waals surface area contributed by atoms with E-state index in [0.29, 0.717) is 24.2 Å². The van der Waals surface area contributed by atoms with Crippen molar-refractivity contribution in [2.45, 2.75) is 26.7 Å². The van der Waals surface area contributed by atoms with Crippen LogP contribution in [0.2, 0.25) is 0 Å². The summed E-state index contributed by atoms with van der Waals surface area (Å²) in [6, 6.07) is 12.2. The number of ether oxygens (including phenoxy) is 1. The quantitative estimate of drug-likeness (QED) is 0.665. The lowest BCUT2D eigenvalue weighted by atomic mass is 10.1. The molecule has 2 N–H and O–H groups in total. The van der Waals surface area contributed by atoms with E-state index in [9.17, 15) is 19.2 Å². The van der Waals surface area contributed by atoms with E-state index in [1.165, 1.54) is 0 Å². The second-order valence-electron chi connectivity index (χ2n) is 7.46. The summed E-state index contributed by atoms with van der Waals surface area (Å²) in [6.07, 6.45) is 1.36. The lowest BCUT2D eigenvalue weighted by Gasteiger charge is -2.15. The molecule has 3 rings (SSSR count). The molecule has 0 aromatic heterocycles. The molecule has 162 valence electrons. The van der Waals surface area contributed by atoms with E-state index < -0.39 is 24.4 Å². The highest BCUT2D eigenvalue weighted by Gasteiger charge is 2.21. The largest absolute Gasteiger partial charge is 0.454 e. The van der Waals surface area contributed by atoms with Crippen molar-refractivity contribution >= 4 is 35.1 Å². The van der Waals surface area contributed by atoms with E-state index in [4.69, 9.17) is 4.74 Å². The molecule has 1 aliphatic rings. The molecule has 1 aliphatic heterocycles. The predicted molar refractivity (Wildman–Crippen MR) is 116 cm³/mol. The Kier molecular flexibility index (Phi) is 7.02. The van der Waals surface area contributed by atoms with E-state index in [1.54, 1.807) is 29.2 Å². The third kappa shape index (κ3) is 6.15. The summed E-state index contributed by atoms with van der Waals surface area (Å²) in [5.74, 6) is -1.56. The molecule has 0 saturated carbocycles. The minimum absolute atomic E-state index is 0.0708. The first-order chi connectivity index (χ1) is 14.8. The van der Waals surface area contributed by atoms with Crippen LogP contribution in [0.3, 0.4) is 0 Å². The zero-order valence-electron chi connectivity index (χ0n) is 17.6. The fourth-order valence-electron chi connectivity index (χ4n) is 3.41. The Morgan fingerprint density at radius 3 is 2.32 bits per heavy atom. The van der Waals surface area contributed by atoms with Gasteiger partial charge < -0.3 is 20.3 Å². The van der Waals surface area contributed by atoms with Gasteiger partial charge in [-0.3, -0.25) is 19.2 Å². The van der Waals surface area contributed by atoms with Gasteiger partial charge in [-0.1, -0.05) is 6.07 Å². The maximum Gasteiger partial charge on any atom is 0.325 e. The number of nitrogens with one attached hydrogen (secondary N) is 2. The van der Waals surface area contributed by atoms with Gasteiger partial charge >= 0.3 is 5.97 Å². The molecule has 8 nitrogen and oxygen atoms in total. The molecule has 0 spiro atoms. The third-order valence-electron chi connectivity index (χ3n) is 4.78. The smallest absolute Gasteiger partial charge is 0.325 e. The number of rotatable bonds is 7. The van der Waals surface area contributed by atoms with Crippen LogP contribution in [0.25, 0.3) is 0 Å². The van der Waals surface area contributed by atoms with Crippen LogP contribution in [-0.4, -0.2) is 43.4 Å². The zero-order chi connectivity index (χ0) is 22.4. The lowest BCUT2D eigenvalue weighted by Crippen LogP contribution is -2.32. The summed E-state index contributed by atoms with van der Waals surface area (Å²) in [5, 5.41) is 5.13. The Hall–Kier alpha value is -3.68. The van der Waals surface area contributed by atoms with Gasteiger partial charge in [0, 0.05) is 29.9 Å². The van der Waals surface area contributed by atoms with Gasteiger partial charge in [-0.15, -0.1) is 0 Å². The van der Waals surface area contributed by atoms with Crippen LogP contribution in [0.4, 0.5) is 11.4 Å². The van der Waals surface area contributed by atoms with Crippen molar-refractivity contribution in [3.63, 3.8) is 0 Å². The van der Waals surface area contributed by atoms with Gasteiger partial charge in [-0.25, -0.2) is 0 Å².